The zero-order chi connectivity index (χ0) is 32.1. The molecule has 2 heterocycles. The van der Waals surface area contributed by atoms with Crippen molar-refractivity contribution < 1.29 is 4.43 Å². The van der Waals surface area contributed by atoms with Crippen molar-refractivity contribution in [2.24, 2.45) is 0 Å². The summed E-state index contributed by atoms with van der Waals surface area (Å²) in [5, 5.41) is 2.05. The van der Waals surface area contributed by atoms with E-state index >= 15 is 0 Å². The molecule has 0 saturated carbocycles. The lowest BCUT2D eigenvalue weighted by Crippen LogP contribution is -2.50. The maximum atomic E-state index is 7.07. The Hall–Kier alpha value is -3.94. The zero-order valence-electron chi connectivity index (χ0n) is 28.3. The third-order valence-corrected chi connectivity index (χ3v) is 15.5. The summed E-state index contributed by atoms with van der Waals surface area (Å²) < 4.78 is 7.07. The minimum absolute atomic E-state index is 0.496. The van der Waals surface area contributed by atoms with Crippen LogP contribution in [0.4, 0.5) is 0 Å². The summed E-state index contributed by atoms with van der Waals surface area (Å²) in [7, 11) is -2.10. The molecule has 0 N–H and O–H groups in total. The van der Waals surface area contributed by atoms with Crippen LogP contribution in [0, 0.1) is 47.0 Å². The van der Waals surface area contributed by atoms with Crippen molar-refractivity contribution >= 4 is 30.1 Å². The Bertz CT molecular complexity index is 1880. The van der Waals surface area contributed by atoms with Crippen LogP contribution in [0.1, 0.15) is 74.9 Å². The summed E-state index contributed by atoms with van der Waals surface area (Å²) in [6, 6.07) is 19.4. The largest absolute Gasteiger partial charge is 0.543 e. The molecule has 0 aliphatic rings. The molecule has 0 fully saturated rings. The maximum Gasteiger partial charge on any atom is 0.258 e. The number of hydrogen-bond acceptors (Lipinski definition) is 3. The standard InChI is InChI=1S/C40H46N2OSi/c1-13-31-22-33-15-14-32-16-17-35(36-27(9)18-26(8)19-28(36)10)41-39(32)40(33)42-38(31)37-29(11)20-34(21-30(37)12)43-44(23(2)3,24(4)5)25(6)7/h1,14-25H,2-12H3. The van der Waals surface area contributed by atoms with Gasteiger partial charge in [-0.25, -0.2) is 9.97 Å². The Kier molecular flexibility index (Phi) is 8.49. The summed E-state index contributed by atoms with van der Waals surface area (Å²) in [6.45, 7) is 24.7. The molecular formula is C40H46N2OSi. The van der Waals surface area contributed by atoms with E-state index in [1.165, 1.54) is 22.3 Å². The predicted octanol–water partition coefficient (Wildman–Crippen LogP) is 11.2. The second kappa shape index (κ2) is 11.9. The molecule has 0 amide bonds. The summed E-state index contributed by atoms with van der Waals surface area (Å²) in [4.78, 5) is 10.5. The van der Waals surface area contributed by atoms with Crippen molar-refractivity contribution in [1.82, 2.24) is 9.97 Å². The van der Waals surface area contributed by atoms with Crippen molar-refractivity contribution in [1.29, 1.82) is 0 Å². The Morgan fingerprint density at radius 2 is 1.14 bits per heavy atom. The molecule has 4 heteroatoms. The molecule has 0 bridgehead atoms. The highest BCUT2D eigenvalue weighted by atomic mass is 28.4. The second-order valence-corrected chi connectivity index (χ2v) is 18.9. The van der Waals surface area contributed by atoms with Gasteiger partial charge in [0, 0.05) is 21.9 Å². The lowest BCUT2D eigenvalue weighted by molar-refractivity contribution is 0.479. The summed E-state index contributed by atoms with van der Waals surface area (Å²) >= 11 is 0. The van der Waals surface area contributed by atoms with Crippen molar-refractivity contribution in [3.8, 4) is 40.6 Å². The van der Waals surface area contributed by atoms with Crippen LogP contribution in [0.3, 0.4) is 0 Å². The van der Waals surface area contributed by atoms with Crippen molar-refractivity contribution in [3.63, 3.8) is 0 Å². The van der Waals surface area contributed by atoms with Crippen LogP contribution in [0.15, 0.2) is 54.6 Å². The van der Waals surface area contributed by atoms with Gasteiger partial charge < -0.3 is 4.43 Å². The van der Waals surface area contributed by atoms with Gasteiger partial charge in [-0.3, -0.25) is 0 Å². The van der Waals surface area contributed by atoms with Gasteiger partial charge >= 0.3 is 0 Å². The molecule has 0 unspecified atom stereocenters. The van der Waals surface area contributed by atoms with Gasteiger partial charge in [-0.05, 0) is 97.8 Å². The first-order valence-electron chi connectivity index (χ1n) is 15.9. The van der Waals surface area contributed by atoms with Gasteiger partial charge in [-0.1, -0.05) is 83.4 Å². The molecule has 44 heavy (non-hydrogen) atoms. The van der Waals surface area contributed by atoms with Crippen molar-refractivity contribution in [2.45, 2.75) is 92.8 Å². The van der Waals surface area contributed by atoms with Gasteiger partial charge in [0.15, 0.2) is 0 Å². The molecule has 0 aliphatic heterocycles. The SMILES string of the molecule is C#Cc1cc2ccc3ccc(-c4c(C)cc(C)cc4C)nc3c2nc1-c1c(C)cc(O[Si](C(C)C)(C(C)C)C(C)C)cc1C. The van der Waals surface area contributed by atoms with E-state index < -0.39 is 8.32 Å². The number of nitrogens with zero attached hydrogens (tertiary/aromatic N) is 2. The average Bonchev–Trinajstić information content (AvgIpc) is 2.94. The average molecular weight is 599 g/mol. The number of aromatic nitrogens is 2. The highest BCUT2D eigenvalue weighted by molar-refractivity contribution is 6.78. The lowest BCUT2D eigenvalue weighted by atomic mass is 9.94. The minimum atomic E-state index is -2.10. The van der Waals surface area contributed by atoms with Gasteiger partial charge in [0.25, 0.3) is 8.32 Å². The van der Waals surface area contributed by atoms with Gasteiger partial charge in [0.05, 0.1) is 28.0 Å². The first kappa shape index (κ1) is 31.5. The normalized spacial score (nSPS) is 12.1. The number of fused-ring (bicyclic) bond motifs is 3. The van der Waals surface area contributed by atoms with Crippen LogP contribution in [0.25, 0.3) is 44.3 Å². The van der Waals surface area contributed by atoms with E-state index in [1.54, 1.807) is 0 Å². The lowest BCUT2D eigenvalue weighted by Gasteiger charge is -2.42. The molecule has 5 aromatic rings. The van der Waals surface area contributed by atoms with Gasteiger partial charge in [0.1, 0.15) is 5.75 Å². The fourth-order valence-electron chi connectivity index (χ4n) is 7.76. The topological polar surface area (TPSA) is 35.0 Å². The monoisotopic (exact) mass is 598 g/mol. The van der Waals surface area contributed by atoms with Crippen LogP contribution >= 0.6 is 0 Å². The molecule has 3 aromatic carbocycles. The van der Waals surface area contributed by atoms with E-state index in [4.69, 9.17) is 20.8 Å². The first-order chi connectivity index (χ1) is 20.8. The highest BCUT2D eigenvalue weighted by Crippen LogP contribution is 2.44. The first-order valence-corrected chi connectivity index (χ1v) is 18.0. The zero-order valence-corrected chi connectivity index (χ0v) is 29.3. The van der Waals surface area contributed by atoms with Crippen LogP contribution < -0.4 is 4.43 Å². The van der Waals surface area contributed by atoms with E-state index in [1.807, 2.05) is 0 Å². The molecule has 0 radical (unpaired) electrons. The molecule has 0 aliphatic carbocycles. The van der Waals surface area contributed by atoms with Crippen molar-refractivity contribution in [2.75, 3.05) is 0 Å². The molecule has 0 atom stereocenters. The number of terminal acetylenes is 1. The second-order valence-electron chi connectivity index (χ2n) is 13.6. The maximum absolute atomic E-state index is 7.07. The molecule has 5 rings (SSSR count). The summed E-state index contributed by atoms with van der Waals surface area (Å²) in [5.74, 6) is 3.89. The minimum Gasteiger partial charge on any atom is -0.543 e. The fraction of sp³-hybridized carbons (Fsp3) is 0.350. The quantitative estimate of drug-likeness (QED) is 0.106. The molecule has 0 saturated heterocycles. The van der Waals surface area contributed by atoms with E-state index in [0.29, 0.717) is 16.6 Å². The molecule has 0 spiro atoms. The van der Waals surface area contributed by atoms with Crippen LogP contribution in [0.2, 0.25) is 16.6 Å². The Balaban J connectivity index is 1.70. The molecular weight excluding hydrogens is 553 g/mol. The third-order valence-electron chi connectivity index (χ3n) is 9.48. The smallest absolute Gasteiger partial charge is 0.258 e. The fourth-order valence-corrected chi connectivity index (χ4v) is 13.0. The predicted molar refractivity (Wildman–Crippen MR) is 191 cm³/mol. The van der Waals surface area contributed by atoms with E-state index in [9.17, 15) is 0 Å². The van der Waals surface area contributed by atoms with E-state index in [-0.39, 0.29) is 0 Å². The summed E-state index contributed by atoms with van der Waals surface area (Å²) in [5.41, 5.74) is 14.0. The Morgan fingerprint density at radius 1 is 0.636 bits per heavy atom. The highest BCUT2D eigenvalue weighted by Gasteiger charge is 2.47. The van der Waals surface area contributed by atoms with E-state index in [0.717, 1.165) is 61.2 Å². The number of benzene rings is 3. The number of aryl methyl sites for hydroxylation is 5. The number of hydrogen-bond donors (Lipinski definition) is 0. The molecule has 3 nitrogen and oxygen atoms in total. The Labute approximate surface area is 265 Å². The van der Waals surface area contributed by atoms with Gasteiger partial charge in [-0.15, -0.1) is 6.42 Å². The Morgan fingerprint density at radius 3 is 1.68 bits per heavy atom. The number of rotatable bonds is 7. The molecule has 226 valence electrons. The van der Waals surface area contributed by atoms with Gasteiger partial charge in [0.2, 0.25) is 0 Å². The van der Waals surface area contributed by atoms with Crippen LogP contribution in [-0.4, -0.2) is 18.3 Å². The van der Waals surface area contributed by atoms with Gasteiger partial charge in [-0.2, -0.15) is 0 Å². The van der Waals surface area contributed by atoms with E-state index in [2.05, 4.69) is 137 Å². The van der Waals surface area contributed by atoms with Crippen molar-refractivity contribution in [3.05, 3.63) is 88.0 Å². The third kappa shape index (κ3) is 5.33. The number of pyridine rings is 2. The van der Waals surface area contributed by atoms with Crippen LogP contribution in [0.5, 0.6) is 5.75 Å². The van der Waals surface area contributed by atoms with Crippen LogP contribution in [-0.2, 0) is 0 Å². The molecule has 2 aromatic heterocycles. The summed E-state index contributed by atoms with van der Waals surface area (Å²) in [6.07, 6.45) is 6.13.